The topological polar surface area (TPSA) is 12.0 Å². The minimum absolute atomic E-state index is 0.536. The number of rotatable bonds is 1. The minimum Gasteiger partial charge on any atom is -0.384 e. The molecule has 1 rings (SSSR count). The fourth-order valence-corrected chi connectivity index (χ4v) is 1.23. The first kappa shape index (κ1) is 7.39. The van der Waals surface area contributed by atoms with Crippen LogP contribution in [-0.4, -0.2) is 6.04 Å². The summed E-state index contributed by atoms with van der Waals surface area (Å²) >= 11 is 0. The highest BCUT2D eigenvalue weighted by atomic mass is 14.9. The highest BCUT2D eigenvalue weighted by Gasteiger charge is 2.07. The Morgan fingerprint density at radius 3 is 2.80 bits per heavy atom. The largest absolute Gasteiger partial charge is 0.384 e. The zero-order chi connectivity index (χ0) is 7.56. The summed E-state index contributed by atoms with van der Waals surface area (Å²) in [6, 6.07) is 0.536. The maximum Gasteiger partial charge on any atom is 0.0443 e. The summed E-state index contributed by atoms with van der Waals surface area (Å²) in [4.78, 5) is 0. The van der Waals surface area contributed by atoms with Gasteiger partial charge in [0.2, 0.25) is 0 Å². The van der Waals surface area contributed by atoms with Crippen LogP contribution in [0, 0.1) is 0 Å². The van der Waals surface area contributed by atoms with E-state index in [1.165, 1.54) is 11.1 Å². The van der Waals surface area contributed by atoms with Gasteiger partial charge in [-0.3, -0.25) is 0 Å². The third-order valence-electron chi connectivity index (χ3n) is 1.94. The van der Waals surface area contributed by atoms with Crippen LogP contribution in [0.5, 0.6) is 0 Å². The monoisotopic (exact) mass is 137 g/mol. The van der Waals surface area contributed by atoms with Crippen LogP contribution in [0.1, 0.15) is 27.2 Å². The van der Waals surface area contributed by atoms with Crippen molar-refractivity contribution in [1.29, 1.82) is 0 Å². The minimum atomic E-state index is 0.536. The van der Waals surface area contributed by atoms with Gasteiger partial charge in [0.05, 0.1) is 0 Å². The first-order valence-electron chi connectivity index (χ1n) is 3.87. The molecule has 0 aromatic heterocycles. The van der Waals surface area contributed by atoms with Gasteiger partial charge in [-0.2, -0.15) is 0 Å². The summed E-state index contributed by atoms with van der Waals surface area (Å²) in [7, 11) is 0. The SMILES string of the molecule is CCC1=CC(C)=CNC1C. The molecular formula is C9H15N. The van der Waals surface area contributed by atoms with Gasteiger partial charge in [-0.15, -0.1) is 0 Å². The van der Waals surface area contributed by atoms with E-state index in [9.17, 15) is 0 Å². The Bertz CT molecular complexity index is 177. The van der Waals surface area contributed by atoms with Crippen LogP contribution in [-0.2, 0) is 0 Å². The lowest BCUT2D eigenvalue weighted by atomic mass is 10.0. The van der Waals surface area contributed by atoms with Crippen molar-refractivity contribution in [2.45, 2.75) is 33.2 Å². The zero-order valence-corrected chi connectivity index (χ0v) is 6.94. The molecule has 10 heavy (non-hydrogen) atoms. The van der Waals surface area contributed by atoms with Crippen LogP contribution < -0.4 is 5.32 Å². The second-order valence-electron chi connectivity index (χ2n) is 2.85. The Morgan fingerprint density at radius 2 is 2.30 bits per heavy atom. The molecule has 0 radical (unpaired) electrons. The van der Waals surface area contributed by atoms with E-state index < -0.39 is 0 Å². The summed E-state index contributed by atoms with van der Waals surface area (Å²) < 4.78 is 0. The molecule has 1 nitrogen and oxygen atoms in total. The molecule has 0 aromatic carbocycles. The number of nitrogens with one attached hydrogen (secondary N) is 1. The normalized spacial score (nSPS) is 24.9. The molecule has 1 atom stereocenters. The van der Waals surface area contributed by atoms with Crippen LogP contribution in [0.4, 0.5) is 0 Å². The molecule has 1 aliphatic heterocycles. The maximum absolute atomic E-state index is 3.30. The quantitative estimate of drug-likeness (QED) is 0.584. The van der Waals surface area contributed by atoms with Crippen LogP contribution in [0.2, 0.25) is 0 Å². The molecule has 0 amide bonds. The first-order valence-corrected chi connectivity index (χ1v) is 3.87. The van der Waals surface area contributed by atoms with E-state index >= 15 is 0 Å². The Labute approximate surface area is 62.8 Å². The van der Waals surface area contributed by atoms with Crippen LogP contribution >= 0.6 is 0 Å². The number of allylic oxidation sites excluding steroid dienone is 2. The smallest absolute Gasteiger partial charge is 0.0443 e. The molecular weight excluding hydrogens is 122 g/mol. The number of hydrogen-bond donors (Lipinski definition) is 1. The van der Waals surface area contributed by atoms with E-state index in [0.717, 1.165) is 6.42 Å². The van der Waals surface area contributed by atoms with E-state index in [1.807, 2.05) is 0 Å². The molecule has 1 unspecified atom stereocenters. The molecule has 1 heteroatoms. The van der Waals surface area contributed by atoms with E-state index in [0.29, 0.717) is 6.04 Å². The van der Waals surface area contributed by atoms with Crippen LogP contribution in [0.3, 0.4) is 0 Å². The lowest BCUT2D eigenvalue weighted by Crippen LogP contribution is -2.25. The molecule has 1 N–H and O–H groups in total. The van der Waals surface area contributed by atoms with Gasteiger partial charge < -0.3 is 5.32 Å². The maximum atomic E-state index is 3.30. The van der Waals surface area contributed by atoms with Crippen molar-refractivity contribution in [3.8, 4) is 0 Å². The van der Waals surface area contributed by atoms with Crippen LogP contribution in [0.15, 0.2) is 23.4 Å². The van der Waals surface area contributed by atoms with E-state index in [2.05, 4.69) is 38.4 Å². The third kappa shape index (κ3) is 1.41. The van der Waals surface area contributed by atoms with E-state index in [4.69, 9.17) is 0 Å². The molecule has 1 aliphatic rings. The first-order chi connectivity index (χ1) is 4.74. The van der Waals surface area contributed by atoms with Gasteiger partial charge in [0.25, 0.3) is 0 Å². The van der Waals surface area contributed by atoms with Crippen molar-refractivity contribution < 1.29 is 0 Å². The van der Waals surface area contributed by atoms with Crippen molar-refractivity contribution in [2.24, 2.45) is 0 Å². The van der Waals surface area contributed by atoms with E-state index in [1.54, 1.807) is 0 Å². The standard InChI is InChI=1S/C9H15N/c1-4-9-5-7(2)6-10-8(9)3/h5-6,8,10H,4H2,1-3H3. The lowest BCUT2D eigenvalue weighted by Gasteiger charge is -2.19. The summed E-state index contributed by atoms with van der Waals surface area (Å²) in [6.07, 6.45) is 5.49. The fourth-order valence-electron chi connectivity index (χ4n) is 1.23. The van der Waals surface area contributed by atoms with E-state index in [-0.39, 0.29) is 0 Å². The lowest BCUT2D eigenvalue weighted by molar-refractivity contribution is 0.687. The Kier molecular flexibility index (Phi) is 2.15. The summed E-state index contributed by atoms with van der Waals surface area (Å²) in [5, 5.41) is 3.30. The predicted octanol–water partition coefficient (Wildman–Crippen LogP) is 2.22. The van der Waals surface area contributed by atoms with Gasteiger partial charge in [-0.25, -0.2) is 0 Å². The summed E-state index contributed by atoms with van der Waals surface area (Å²) in [5.41, 5.74) is 2.83. The van der Waals surface area contributed by atoms with Crippen molar-refractivity contribution >= 4 is 0 Å². The molecule has 0 saturated carbocycles. The Hall–Kier alpha value is -0.720. The highest BCUT2D eigenvalue weighted by molar-refractivity contribution is 5.28. The molecule has 0 aliphatic carbocycles. The highest BCUT2D eigenvalue weighted by Crippen LogP contribution is 2.14. The zero-order valence-electron chi connectivity index (χ0n) is 6.94. The predicted molar refractivity (Wildman–Crippen MR) is 44.7 cm³/mol. The van der Waals surface area contributed by atoms with Gasteiger partial charge in [0, 0.05) is 6.04 Å². The van der Waals surface area contributed by atoms with Crippen molar-refractivity contribution in [3.63, 3.8) is 0 Å². The number of dihydropyridines is 1. The molecule has 0 saturated heterocycles. The fraction of sp³-hybridized carbons (Fsp3) is 0.556. The Balaban J connectivity index is 2.73. The second-order valence-corrected chi connectivity index (χ2v) is 2.85. The van der Waals surface area contributed by atoms with Crippen molar-refractivity contribution in [3.05, 3.63) is 23.4 Å². The van der Waals surface area contributed by atoms with Gasteiger partial charge in [0.15, 0.2) is 0 Å². The van der Waals surface area contributed by atoms with Gasteiger partial charge >= 0.3 is 0 Å². The van der Waals surface area contributed by atoms with Gasteiger partial charge in [-0.1, -0.05) is 13.0 Å². The molecule has 0 spiro atoms. The average Bonchev–Trinajstić information content (AvgIpc) is 1.94. The average molecular weight is 137 g/mol. The molecule has 56 valence electrons. The van der Waals surface area contributed by atoms with Gasteiger partial charge in [0.1, 0.15) is 0 Å². The molecule has 0 aromatic rings. The van der Waals surface area contributed by atoms with Crippen molar-refractivity contribution in [2.75, 3.05) is 0 Å². The molecule has 0 fully saturated rings. The Morgan fingerprint density at radius 1 is 1.60 bits per heavy atom. The van der Waals surface area contributed by atoms with Gasteiger partial charge in [-0.05, 0) is 37.6 Å². The molecule has 0 bridgehead atoms. The molecule has 1 heterocycles. The second kappa shape index (κ2) is 2.91. The van der Waals surface area contributed by atoms with Crippen LogP contribution in [0.25, 0.3) is 0 Å². The number of hydrogen-bond acceptors (Lipinski definition) is 1. The van der Waals surface area contributed by atoms with Crippen molar-refractivity contribution in [1.82, 2.24) is 5.32 Å². The summed E-state index contributed by atoms with van der Waals surface area (Å²) in [5.74, 6) is 0. The summed E-state index contributed by atoms with van der Waals surface area (Å²) in [6.45, 7) is 6.51. The third-order valence-corrected chi connectivity index (χ3v) is 1.94.